The molecular weight excluding hydrogens is 402 g/mol. The molecule has 30 heavy (non-hydrogen) atoms. The number of rotatable bonds is 6. The van der Waals surface area contributed by atoms with Gasteiger partial charge in [0.05, 0.1) is 22.5 Å². The number of amides is 1. The van der Waals surface area contributed by atoms with Crippen molar-refractivity contribution >= 4 is 26.8 Å². The standard InChI is InChI=1S/C22H19N3O4S/c1-29-18-3-2-4-20(12-18)30(27,28)19-7-5-15(6-8-19)13-25-22(26)17-11-16-9-10-23-21(16)24-14-17/h2-12,14H,13H2,1H3,(H,23,24)(H,25,26). The maximum atomic E-state index is 12.8. The summed E-state index contributed by atoms with van der Waals surface area (Å²) in [5, 5.41) is 3.68. The molecule has 0 aliphatic rings. The highest BCUT2D eigenvalue weighted by atomic mass is 32.2. The molecule has 4 aromatic rings. The van der Waals surface area contributed by atoms with Crippen LogP contribution in [-0.2, 0) is 16.4 Å². The van der Waals surface area contributed by atoms with Gasteiger partial charge in [-0.25, -0.2) is 13.4 Å². The summed E-state index contributed by atoms with van der Waals surface area (Å²) in [6.45, 7) is 0.267. The first-order valence-electron chi connectivity index (χ1n) is 9.17. The van der Waals surface area contributed by atoms with Gasteiger partial charge in [0, 0.05) is 24.3 Å². The number of fused-ring (bicyclic) bond motifs is 1. The second-order valence-corrected chi connectivity index (χ2v) is 8.60. The lowest BCUT2D eigenvalue weighted by atomic mass is 10.2. The number of ether oxygens (including phenoxy) is 1. The third-order valence-corrected chi connectivity index (χ3v) is 6.47. The number of H-pyrrole nitrogens is 1. The van der Waals surface area contributed by atoms with Crippen LogP contribution in [0.4, 0.5) is 0 Å². The van der Waals surface area contributed by atoms with E-state index < -0.39 is 9.84 Å². The Bertz CT molecular complexity index is 1310. The molecule has 0 atom stereocenters. The van der Waals surface area contributed by atoms with Crippen LogP contribution < -0.4 is 10.1 Å². The summed E-state index contributed by atoms with van der Waals surface area (Å²) in [7, 11) is -2.17. The second kappa shape index (κ2) is 8.00. The van der Waals surface area contributed by atoms with E-state index in [0.717, 1.165) is 16.6 Å². The normalized spacial score (nSPS) is 11.4. The van der Waals surface area contributed by atoms with Crippen LogP contribution >= 0.6 is 0 Å². The molecule has 0 aliphatic carbocycles. The quantitative estimate of drug-likeness (QED) is 0.497. The topological polar surface area (TPSA) is 101 Å². The number of pyridine rings is 1. The summed E-state index contributed by atoms with van der Waals surface area (Å²) in [6, 6.07) is 16.4. The van der Waals surface area contributed by atoms with Crippen molar-refractivity contribution in [1.29, 1.82) is 0 Å². The minimum Gasteiger partial charge on any atom is -0.497 e. The number of nitrogens with zero attached hydrogens (tertiary/aromatic N) is 1. The molecule has 8 heteroatoms. The fraction of sp³-hybridized carbons (Fsp3) is 0.0909. The fourth-order valence-corrected chi connectivity index (χ4v) is 4.33. The van der Waals surface area contributed by atoms with Crippen molar-refractivity contribution in [2.45, 2.75) is 16.3 Å². The van der Waals surface area contributed by atoms with Gasteiger partial charge in [0.15, 0.2) is 0 Å². The van der Waals surface area contributed by atoms with Gasteiger partial charge in [-0.3, -0.25) is 4.79 Å². The molecule has 2 aromatic carbocycles. The Morgan fingerprint density at radius 2 is 1.87 bits per heavy atom. The van der Waals surface area contributed by atoms with Crippen molar-refractivity contribution in [1.82, 2.24) is 15.3 Å². The van der Waals surface area contributed by atoms with E-state index in [-0.39, 0.29) is 22.2 Å². The Labute approximate surface area is 173 Å². The lowest BCUT2D eigenvalue weighted by molar-refractivity contribution is 0.0950. The molecule has 0 saturated heterocycles. The summed E-state index contributed by atoms with van der Waals surface area (Å²) in [6.07, 6.45) is 3.28. The molecule has 152 valence electrons. The van der Waals surface area contributed by atoms with Crippen LogP contribution in [0.15, 0.2) is 82.8 Å². The lowest BCUT2D eigenvalue weighted by Gasteiger charge is -2.09. The van der Waals surface area contributed by atoms with Gasteiger partial charge in [0.25, 0.3) is 5.91 Å². The van der Waals surface area contributed by atoms with Crippen molar-refractivity contribution in [3.8, 4) is 5.75 Å². The molecular formula is C22H19N3O4S. The number of nitrogens with one attached hydrogen (secondary N) is 2. The van der Waals surface area contributed by atoms with Gasteiger partial charge in [-0.05, 0) is 48.0 Å². The second-order valence-electron chi connectivity index (χ2n) is 6.65. The van der Waals surface area contributed by atoms with Crippen LogP contribution in [0.1, 0.15) is 15.9 Å². The number of hydrogen-bond donors (Lipinski definition) is 2. The number of benzene rings is 2. The first-order chi connectivity index (χ1) is 14.5. The number of aromatic amines is 1. The Balaban J connectivity index is 1.46. The van der Waals surface area contributed by atoms with Crippen LogP contribution in [0.2, 0.25) is 0 Å². The molecule has 2 N–H and O–H groups in total. The number of hydrogen-bond acceptors (Lipinski definition) is 5. The average Bonchev–Trinajstić information content (AvgIpc) is 3.25. The molecule has 0 bridgehead atoms. The van der Waals surface area contributed by atoms with E-state index in [0.29, 0.717) is 11.3 Å². The zero-order chi connectivity index (χ0) is 21.1. The maximum absolute atomic E-state index is 12.8. The minimum atomic E-state index is -3.66. The van der Waals surface area contributed by atoms with Crippen molar-refractivity contribution in [3.63, 3.8) is 0 Å². The molecule has 0 saturated carbocycles. The third kappa shape index (κ3) is 3.90. The van der Waals surface area contributed by atoms with Crippen LogP contribution in [-0.4, -0.2) is 31.4 Å². The van der Waals surface area contributed by atoms with Gasteiger partial charge < -0.3 is 15.0 Å². The molecule has 0 fully saturated rings. The monoisotopic (exact) mass is 421 g/mol. The molecule has 2 aromatic heterocycles. The van der Waals surface area contributed by atoms with Crippen molar-refractivity contribution in [3.05, 3.63) is 84.2 Å². The molecule has 0 unspecified atom stereocenters. The molecule has 7 nitrogen and oxygen atoms in total. The SMILES string of the molecule is COc1cccc(S(=O)(=O)c2ccc(CNC(=O)c3cnc4[nH]ccc4c3)cc2)c1. The van der Waals surface area contributed by atoms with Gasteiger partial charge in [0.1, 0.15) is 11.4 Å². The van der Waals surface area contributed by atoms with Crippen molar-refractivity contribution in [2.24, 2.45) is 0 Å². The third-order valence-electron chi connectivity index (χ3n) is 4.70. The Morgan fingerprint density at radius 3 is 2.63 bits per heavy atom. The van der Waals surface area contributed by atoms with Gasteiger partial charge >= 0.3 is 0 Å². The van der Waals surface area contributed by atoms with Crippen LogP contribution in [0.5, 0.6) is 5.75 Å². The van der Waals surface area contributed by atoms with E-state index in [1.807, 2.05) is 6.07 Å². The number of carbonyl (C=O) groups is 1. The molecule has 0 radical (unpaired) electrons. The van der Waals surface area contributed by atoms with Crippen LogP contribution in [0.25, 0.3) is 11.0 Å². The molecule has 0 aliphatic heterocycles. The van der Waals surface area contributed by atoms with Crippen molar-refractivity contribution in [2.75, 3.05) is 7.11 Å². The smallest absolute Gasteiger partial charge is 0.253 e. The van der Waals surface area contributed by atoms with E-state index in [9.17, 15) is 13.2 Å². The number of sulfone groups is 1. The predicted octanol–water partition coefficient (Wildman–Crippen LogP) is 3.33. The van der Waals surface area contributed by atoms with Crippen molar-refractivity contribution < 1.29 is 17.9 Å². The minimum absolute atomic E-state index is 0.163. The van der Waals surface area contributed by atoms with E-state index in [4.69, 9.17) is 4.74 Å². The van der Waals surface area contributed by atoms with E-state index in [1.165, 1.54) is 37.6 Å². The fourth-order valence-electron chi connectivity index (χ4n) is 3.04. The van der Waals surface area contributed by atoms with Gasteiger partial charge in [-0.2, -0.15) is 0 Å². The van der Waals surface area contributed by atoms with Crippen LogP contribution in [0, 0.1) is 0 Å². The first-order valence-corrected chi connectivity index (χ1v) is 10.6. The zero-order valence-corrected chi connectivity index (χ0v) is 16.9. The van der Waals surface area contributed by atoms with Gasteiger partial charge in [0.2, 0.25) is 9.84 Å². The van der Waals surface area contributed by atoms with E-state index in [2.05, 4.69) is 15.3 Å². The number of carbonyl (C=O) groups excluding carboxylic acids is 1. The summed E-state index contributed by atoms with van der Waals surface area (Å²) in [5.74, 6) is 0.224. The van der Waals surface area contributed by atoms with E-state index in [1.54, 1.807) is 36.5 Å². The first kappa shape index (κ1) is 19.7. The Kier molecular flexibility index (Phi) is 5.24. The van der Waals surface area contributed by atoms with Gasteiger partial charge in [-0.15, -0.1) is 0 Å². The highest BCUT2D eigenvalue weighted by Crippen LogP contribution is 2.24. The Morgan fingerprint density at radius 1 is 1.07 bits per heavy atom. The summed E-state index contributed by atoms with van der Waals surface area (Å²) in [5.41, 5.74) is 1.96. The number of methoxy groups -OCH3 is 1. The summed E-state index contributed by atoms with van der Waals surface area (Å²) < 4.78 is 30.7. The average molecular weight is 421 g/mol. The highest BCUT2D eigenvalue weighted by molar-refractivity contribution is 7.91. The predicted molar refractivity (Wildman–Crippen MR) is 112 cm³/mol. The molecule has 0 spiro atoms. The highest BCUT2D eigenvalue weighted by Gasteiger charge is 2.18. The summed E-state index contributed by atoms with van der Waals surface area (Å²) >= 11 is 0. The summed E-state index contributed by atoms with van der Waals surface area (Å²) in [4.78, 5) is 19.9. The zero-order valence-electron chi connectivity index (χ0n) is 16.1. The molecule has 4 rings (SSSR count). The largest absolute Gasteiger partial charge is 0.497 e. The van der Waals surface area contributed by atoms with E-state index >= 15 is 0 Å². The lowest BCUT2D eigenvalue weighted by Crippen LogP contribution is -2.22. The van der Waals surface area contributed by atoms with Crippen LogP contribution in [0.3, 0.4) is 0 Å². The number of aromatic nitrogens is 2. The van der Waals surface area contributed by atoms with Gasteiger partial charge in [-0.1, -0.05) is 18.2 Å². The molecule has 1 amide bonds. The molecule has 2 heterocycles. The maximum Gasteiger partial charge on any atom is 0.253 e. The Hall–Kier alpha value is -3.65.